The van der Waals surface area contributed by atoms with E-state index < -0.39 is 0 Å². The second-order valence-electron chi connectivity index (χ2n) is 33.9. The minimum atomic E-state index is 0. The fraction of sp³-hybridized carbons (Fsp3) is 0.236. The molecule has 12 aromatic carbocycles. The topological polar surface area (TPSA) is 140 Å². The van der Waals surface area contributed by atoms with E-state index >= 15 is 0 Å². The quantitative estimate of drug-likeness (QED) is 0.0611. The van der Waals surface area contributed by atoms with Gasteiger partial charge in [-0.25, -0.2) is 19.4 Å². The molecular formula is C110H104Ir4N16-4. The van der Waals surface area contributed by atoms with E-state index in [1.807, 2.05) is 199 Å². The Morgan fingerprint density at radius 2 is 0.569 bits per heavy atom. The van der Waals surface area contributed by atoms with Gasteiger partial charge in [-0.3, -0.25) is 0 Å². The summed E-state index contributed by atoms with van der Waals surface area (Å²) in [6.07, 6.45) is 3.50. The van der Waals surface area contributed by atoms with Gasteiger partial charge in [-0.05, 0) is 151 Å². The monoisotopic (exact) mass is 2420 g/mol. The number of nitrogens with zero attached hydrogens (tertiary/aromatic N) is 16. The predicted molar refractivity (Wildman–Crippen MR) is 511 cm³/mol. The molecule has 4 heterocycles. The summed E-state index contributed by atoms with van der Waals surface area (Å²) >= 11 is 0. The van der Waals surface area contributed by atoms with Gasteiger partial charge in [0.05, 0.1) is 49.6 Å². The van der Waals surface area contributed by atoms with Crippen molar-refractivity contribution < 1.29 is 80.4 Å². The van der Waals surface area contributed by atoms with Gasteiger partial charge in [0.15, 0.2) is 40.4 Å². The van der Waals surface area contributed by atoms with E-state index in [1.165, 1.54) is 5.56 Å². The molecule has 0 N–H and O–H groups in total. The van der Waals surface area contributed by atoms with Gasteiger partial charge in [-0.1, -0.05) is 235 Å². The van der Waals surface area contributed by atoms with Crippen LogP contribution in [0.2, 0.25) is 0 Å². The van der Waals surface area contributed by atoms with Crippen molar-refractivity contribution in [3.05, 3.63) is 380 Å². The summed E-state index contributed by atoms with van der Waals surface area (Å²) in [7, 11) is 0. The molecule has 0 aliphatic carbocycles. The molecule has 0 unspecified atom stereocenters. The van der Waals surface area contributed by atoms with Crippen molar-refractivity contribution >= 4 is 22.7 Å². The molecular weight excluding hydrogens is 2310 g/mol. The van der Waals surface area contributed by atoms with E-state index in [-0.39, 0.29) is 92.3 Å². The number of hydrogen-bond acceptors (Lipinski definition) is 8. The maximum absolute atomic E-state index is 7.82. The van der Waals surface area contributed by atoms with Gasteiger partial charge in [0, 0.05) is 125 Å². The van der Waals surface area contributed by atoms with E-state index in [2.05, 4.69) is 264 Å². The molecule has 0 bridgehead atoms. The minimum absolute atomic E-state index is 0. The van der Waals surface area contributed by atoms with Crippen LogP contribution in [0.25, 0.3) is 133 Å². The minimum Gasteiger partial charge on any atom is -0.325 e. The SMILES string of the molecule is [C-]#[N+]c1cc(C(C)C)c(-n2c(-c3[c-]cccc3)nnc2-c2ccccc2C)c(C(C)C)c1.[C-]#[N+]c1cc(CC(C)C)c(-n2c(-c3[c-]cccc3)nnc2-c2ccccc2C)c(CC(C)C)c1.[C-]#[N+]c1ccc(CC(C)C)c(-n2c(-c3[c-]cccc3)nnc2-c2ccccc2C)c1.[C-]#[N+]c1cccc(CC(C)C)c1-n1c(-c2[c-]cccc2)nnc1-c1ccccc1C.[Ir].[Ir].[Ir].[Ir]. The van der Waals surface area contributed by atoms with Crippen molar-refractivity contribution in [2.24, 2.45) is 23.7 Å². The second kappa shape index (κ2) is 47.4. The van der Waals surface area contributed by atoms with Crippen molar-refractivity contribution in [3.8, 4) is 114 Å². The van der Waals surface area contributed by atoms with Gasteiger partial charge < -0.3 is 18.3 Å². The molecule has 20 heteroatoms. The van der Waals surface area contributed by atoms with E-state index in [0.29, 0.717) is 52.2 Å². The van der Waals surface area contributed by atoms with Crippen LogP contribution in [0.4, 0.5) is 22.7 Å². The molecule has 130 heavy (non-hydrogen) atoms. The Labute approximate surface area is 821 Å². The molecule has 0 amide bonds. The summed E-state index contributed by atoms with van der Waals surface area (Å²) in [6, 6.07) is 97.3. The van der Waals surface area contributed by atoms with E-state index in [9.17, 15) is 0 Å². The zero-order valence-corrected chi connectivity index (χ0v) is 85.6. The summed E-state index contributed by atoms with van der Waals surface area (Å²) in [5.41, 5.74) is 25.5. The van der Waals surface area contributed by atoms with Crippen molar-refractivity contribution in [2.75, 3.05) is 0 Å². The summed E-state index contributed by atoms with van der Waals surface area (Å²) in [5, 5.41) is 37.0. The molecule has 0 aliphatic heterocycles. The van der Waals surface area contributed by atoms with Gasteiger partial charge >= 0.3 is 0 Å². The maximum Gasteiger partial charge on any atom is 0.210 e. The van der Waals surface area contributed by atoms with Crippen LogP contribution in [0.3, 0.4) is 0 Å². The molecule has 0 spiro atoms. The molecule has 4 radical (unpaired) electrons. The van der Waals surface area contributed by atoms with E-state index in [4.69, 9.17) is 31.4 Å². The molecule has 0 saturated heterocycles. The van der Waals surface area contributed by atoms with Crippen molar-refractivity contribution in [1.82, 2.24) is 59.1 Å². The summed E-state index contributed by atoms with van der Waals surface area (Å²) in [6.45, 7) is 65.4. The number of benzene rings is 12. The standard InChI is InChI=1S/C30H31N4.C28H27N4.2C26H23N4.4Ir/c1-20(2)16-24-18-26(31-6)19-25(17-21(3)4)28(24)34-29(23-13-8-7-9-14-23)32-33-30(34)27-15-11-10-12-22(27)5;1-18(2)24-16-22(29-6)17-25(19(3)4)26(24)32-27(21-13-8-7-9-14-21)30-31-28(32)23-15-11-10-12-20(23)5;1-18(2)17-21-14-10-16-23(27-4)24(21)30-25(20-12-6-5-7-13-20)28-29-26(30)22-15-9-8-11-19(22)3;1-18(2)16-21-14-15-22(27-4)17-24(21)30-25(20-11-6-5-7-12-20)28-29-26(30)23-13-9-8-10-19(23)3;;;;/h7-13,15,18-21H,16-17H2,1-5H3;7-13,15-19H,1-5H3;5-12,14-16,18H,17H2,1-3H3;5-11,13-15,17-18H,16H2,1-3H3;;;;/q4*-1;;;;. The van der Waals surface area contributed by atoms with Crippen molar-refractivity contribution in [3.63, 3.8) is 0 Å². The first-order chi connectivity index (χ1) is 61.0. The predicted octanol–water partition coefficient (Wildman–Crippen LogP) is 28.1. The molecule has 664 valence electrons. The number of aromatic nitrogens is 12. The second-order valence-corrected chi connectivity index (χ2v) is 33.9. The summed E-state index contributed by atoms with van der Waals surface area (Å²) in [4.78, 5) is 15.1. The fourth-order valence-corrected chi connectivity index (χ4v) is 15.9. The Morgan fingerprint density at radius 1 is 0.269 bits per heavy atom. The smallest absolute Gasteiger partial charge is 0.210 e. The van der Waals surface area contributed by atoms with Crippen LogP contribution in [-0.2, 0) is 106 Å². The molecule has 0 atom stereocenters. The Hall–Kier alpha value is -12.2. The van der Waals surface area contributed by atoms with Crippen LogP contribution in [0.1, 0.15) is 151 Å². The van der Waals surface area contributed by atoms with Crippen LogP contribution >= 0.6 is 0 Å². The third kappa shape index (κ3) is 23.5. The largest absolute Gasteiger partial charge is 0.325 e. The number of rotatable bonds is 22. The molecule has 16 aromatic rings. The first-order valence-corrected chi connectivity index (χ1v) is 43.0. The summed E-state index contributed by atoms with van der Waals surface area (Å²) < 4.78 is 8.50. The van der Waals surface area contributed by atoms with Crippen LogP contribution in [0.15, 0.2) is 255 Å². The molecule has 16 rings (SSSR count). The molecule has 16 nitrogen and oxygen atoms in total. The number of hydrogen-bond donors (Lipinski definition) is 0. The average molecular weight is 2420 g/mol. The number of para-hydroxylation sites is 1. The zero-order valence-electron chi connectivity index (χ0n) is 76.0. The Balaban J connectivity index is 0.000000194. The fourth-order valence-electron chi connectivity index (χ4n) is 15.9. The van der Waals surface area contributed by atoms with Gasteiger partial charge in [0.25, 0.3) is 0 Å². The van der Waals surface area contributed by atoms with Crippen LogP contribution in [0.5, 0.6) is 0 Å². The first-order valence-electron chi connectivity index (χ1n) is 43.0. The van der Waals surface area contributed by atoms with Crippen LogP contribution in [-0.4, -0.2) is 59.1 Å². The average Bonchev–Trinajstić information content (AvgIpc) is 1.53. The van der Waals surface area contributed by atoms with Crippen molar-refractivity contribution in [1.29, 1.82) is 0 Å². The van der Waals surface area contributed by atoms with Crippen LogP contribution in [0, 0.1) is 102 Å². The van der Waals surface area contributed by atoms with Gasteiger partial charge in [0.2, 0.25) is 5.69 Å². The maximum atomic E-state index is 7.82. The third-order valence-electron chi connectivity index (χ3n) is 21.7. The Kier molecular flexibility index (Phi) is 37.0. The summed E-state index contributed by atoms with van der Waals surface area (Å²) in [5.74, 6) is 8.33. The molecule has 0 fully saturated rings. The molecule has 0 aliphatic rings. The van der Waals surface area contributed by atoms with Gasteiger partial charge in [0.1, 0.15) is 0 Å². The zero-order chi connectivity index (χ0) is 89.2. The van der Waals surface area contributed by atoms with Gasteiger partial charge in [-0.15, -0.1) is 164 Å². The molecule has 0 saturated carbocycles. The first kappa shape index (κ1) is 102. The molecule has 4 aromatic heterocycles. The van der Waals surface area contributed by atoms with E-state index in [1.54, 1.807) is 0 Å². The Morgan fingerprint density at radius 3 is 0.892 bits per heavy atom. The van der Waals surface area contributed by atoms with E-state index in [0.717, 1.165) is 184 Å². The van der Waals surface area contributed by atoms with Crippen molar-refractivity contribution in [2.45, 2.75) is 148 Å². The van der Waals surface area contributed by atoms with Gasteiger partial charge in [-0.2, -0.15) is 20.4 Å². The normalized spacial score (nSPS) is 10.7. The van der Waals surface area contributed by atoms with Crippen LogP contribution < -0.4 is 0 Å². The third-order valence-corrected chi connectivity index (χ3v) is 21.7. The number of aryl methyl sites for hydroxylation is 4. The Bertz CT molecular complexity index is 6610.